The van der Waals surface area contributed by atoms with Gasteiger partial charge in [0.15, 0.2) is 0 Å². The fourth-order valence-corrected chi connectivity index (χ4v) is 5.94. The summed E-state index contributed by atoms with van der Waals surface area (Å²) in [7, 11) is -3.24. The molecule has 1 saturated heterocycles. The molecule has 1 aromatic rings. The lowest BCUT2D eigenvalue weighted by molar-refractivity contribution is -0.0338. The van der Waals surface area contributed by atoms with Crippen molar-refractivity contribution in [2.45, 2.75) is 52.0 Å². The monoisotopic (exact) mass is 402 g/mol. The molecular weight excluding hydrogens is 375 g/mol. The van der Waals surface area contributed by atoms with Crippen molar-refractivity contribution in [3.8, 4) is 0 Å². The molecule has 0 spiro atoms. The summed E-state index contributed by atoms with van der Waals surface area (Å²) in [6.07, 6.45) is 0.0276. The Bertz CT molecular complexity index is 840. The summed E-state index contributed by atoms with van der Waals surface area (Å²) < 4.78 is 30.7. The van der Waals surface area contributed by atoms with Crippen LogP contribution in [0.2, 0.25) is 0 Å². The van der Waals surface area contributed by atoms with E-state index in [1.165, 1.54) is 10.8 Å². The Hall–Kier alpha value is -1.25. The van der Waals surface area contributed by atoms with Crippen molar-refractivity contribution < 1.29 is 23.5 Å². The number of rotatable bonds is 8. The normalized spacial score (nSPS) is 30.9. The second-order valence-corrected chi connectivity index (χ2v) is 9.31. The van der Waals surface area contributed by atoms with Gasteiger partial charge in [0, 0.05) is 17.7 Å². The fourth-order valence-electron chi connectivity index (χ4n) is 3.95. The van der Waals surface area contributed by atoms with E-state index in [-0.39, 0.29) is 43.4 Å². The lowest BCUT2D eigenvalue weighted by Gasteiger charge is -2.28. The van der Waals surface area contributed by atoms with E-state index >= 15 is 0 Å². The van der Waals surface area contributed by atoms with Crippen LogP contribution in [0.5, 0.6) is 0 Å². The van der Waals surface area contributed by atoms with Gasteiger partial charge in [-0.1, -0.05) is 6.92 Å². The van der Waals surface area contributed by atoms with Crippen molar-refractivity contribution in [2.75, 3.05) is 19.4 Å². The Balaban J connectivity index is 1.69. The molecule has 1 saturated carbocycles. The maximum atomic E-state index is 12.7. The van der Waals surface area contributed by atoms with Crippen LogP contribution < -0.4 is 11.2 Å². The third kappa shape index (κ3) is 3.84. The van der Waals surface area contributed by atoms with Crippen LogP contribution in [0, 0.1) is 18.8 Å². The van der Waals surface area contributed by atoms with Crippen LogP contribution in [0.1, 0.15) is 32.4 Å². The molecule has 6 atom stereocenters. The van der Waals surface area contributed by atoms with E-state index in [0.29, 0.717) is 5.56 Å². The van der Waals surface area contributed by atoms with Gasteiger partial charge in [-0.3, -0.25) is 18.9 Å². The van der Waals surface area contributed by atoms with Crippen LogP contribution >= 0.6 is 7.60 Å². The lowest BCUT2D eigenvalue weighted by Crippen LogP contribution is -2.38. The Morgan fingerprint density at radius 3 is 2.48 bits per heavy atom. The molecule has 2 fully saturated rings. The number of ether oxygens (including phenoxy) is 1. The van der Waals surface area contributed by atoms with E-state index in [0.717, 1.165) is 0 Å². The van der Waals surface area contributed by atoms with E-state index in [2.05, 4.69) is 4.98 Å². The van der Waals surface area contributed by atoms with Crippen molar-refractivity contribution in [3.63, 3.8) is 0 Å². The Morgan fingerprint density at radius 1 is 1.33 bits per heavy atom. The largest absolute Gasteiger partial charge is 0.390 e. The standard InChI is InChI=1S/C17H27N2O7P/c1-5-24-27(23,25-6-2)8-10(4)14-13(20)11-12(15(11)26-14)19-7-9(3)16(21)18-17(19)22/h7,10-15,20H,5-6,8H2,1-4H3,(H,18,21,22)/t10-,11?,12?,13-,14?,15+/m0/s1. The Kier molecular flexibility index (Phi) is 5.80. The predicted molar refractivity (Wildman–Crippen MR) is 98.1 cm³/mol. The quantitative estimate of drug-likeness (QED) is 0.624. The maximum Gasteiger partial charge on any atom is 0.331 e. The molecule has 3 rings (SSSR count). The van der Waals surface area contributed by atoms with Gasteiger partial charge in [-0.25, -0.2) is 4.79 Å². The molecule has 0 aromatic carbocycles. The van der Waals surface area contributed by atoms with E-state index in [1.807, 2.05) is 6.92 Å². The second kappa shape index (κ2) is 7.64. The minimum Gasteiger partial charge on any atom is -0.390 e. The number of nitrogens with zero attached hydrogens (tertiary/aromatic N) is 1. The molecular formula is C17H27N2O7P. The van der Waals surface area contributed by atoms with Gasteiger partial charge in [0.2, 0.25) is 0 Å². The van der Waals surface area contributed by atoms with Crippen LogP contribution in [0.4, 0.5) is 0 Å². The number of H-pyrrole nitrogens is 1. The topological polar surface area (TPSA) is 120 Å². The van der Waals surface area contributed by atoms with Crippen molar-refractivity contribution >= 4 is 7.60 Å². The third-order valence-corrected chi connectivity index (χ3v) is 7.53. The SMILES string of the molecule is CCOP(=O)(C[C@H](C)C1O[C@@H]2C(C2n2cc(C)c(=O)[nH]c2=O)[C@@H]1O)OCC. The highest BCUT2D eigenvalue weighted by molar-refractivity contribution is 7.53. The molecule has 10 heteroatoms. The molecule has 1 aliphatic carbocycles. The number of fused-ring (bicyclic) bond motifs is 1. The number of aromatic amines is 1. The summed E-state index contributed by atoms with van der Waals surface area (Å²) in [4.78, 5) is 25.9. The highest BCUT2D eigenvalue weighted by Gasteiger charge is 2.65. The number of aryl methyl sites for hydroxylation is 1. The van der Waals surface area contributed by atoms with Crippen LogP contribution in [-0.2, 0) is 18.3 Å². The van der Waals surface area contributed by atoms with Gasteiger partial charge < -0.3 is 18.9 Å². The first-order chi connectivity index (χ1) is 12.7. The van der Waals surface area contributed by atoms with E-state index in [1.54, 1.807) is 20.8 Å². The molecule has 2 aliphatic rings. The number of nitrogens with one attached hydrogen (secondary N) is 1. The van der Waals surface area contributed by atoms with Crippen molar-refractivity contribution in [3.05, 3.63) is 32.6 Å². The molecule has 9 nitrogen and oxygen atoms in total. The van der Waals surface area contributed by atoms with Gasteiger partial charge in [-0.05, 0) is 26.7 Å². The van der Waals surface area contributed by atoms with E-state index < -0.39 is 31.1 Å². The van der Waals surface area contributed by atoms with Crippen molar-refractivity contribution in [1.82, 2.24) is 9.55 Å². The van der Waals surface area contributed by atoms with Gasteiger partial charge in [0.25, 0.3) is 5.56 Å². The summed E-state index contributed by atoms with van der Waals surface area (Å²) in [5.41, 5.74) is -0.506. The first-order valence-corrected chi connectivity index (χ1v) is 11.0. The number of hydrogen-bond acceptors (Lipinski definition) is 7. The van der Waals surface area contributed by atoms with Gasteiger partial charge in [0.05, 0.1) is 43.7 Å². The summed E-state index contributed by atoms with van der Waals surface area (Å²) in [5.74, 6) is -0.481. The molecule has 2 N–H and O–H groups in total. The smallest absolute Gasteiger partial charge is 0.331 e. The summed E-state index contributed by atoms with van der Waals surface area (Å²) in [5, 5.41) is 10.7. The zero-order valence-corrected chi connectivity index (χ0v) is 16.8. The second-order valence-electron chi connectivity index (χ2n) is 7.21. The van der Waals surface area contributed by atoms with Crippen LogP contribution in [-0.4, -0.2) is 52.3 Å². The Labute approximate surface area is 157 Å². The van der Waals surface area contributed by atoms with Crippen LogP contribution in [0.3, 0.4) is 0 Å². The summed E-state index contributed by atoms with van der Waals surface area (Å²) in [6.45, 7) is 7.52. The van der Waals surface area contributed by atoms with Crippen molar-refractivity contribution in [2.24, 2.45) is 11.8 Å². The molecule has 27 heavy (non-hydrogen) atoms. The highest BCUT2D eigenvalue weighted by atomic mass is 31.2. The fraction of sp³-hybridized carbons (Fsp3) is 0.765. The van der Waals surface area contributed by atoms with Gasteiger partial charge in [0.1, 0.15) is 0 Å². The predicted octanol–water partition coefficient (Wildman–Crippen LogP) is 1.05. The molecule has 0 bridgehead atoms. The molecule has 1 aliphatic heterocycles. The summed E-state index contributed by atoms with van der Waals surface area (Å²) in [6, 6.07) is -0.308. The lowest BCUT2D eigenvalue weighted by atomic mass is 9.99. The minimum atomic E-state index is -3.24. The minimum absolute atomic E-state index is 0.151. The van der Waals surface area contributed by atoms with E-state index in [9.17, 15) is 19.3 Å². The van der Waals surface area contributed by atoms with Crippen LogP contribution in [0.25, 0.3) is 0 Å². The first-order valence-electron chi connectivity index (χ1n) is 9.26. The zero-order chi connectivity index (χ0) is 19.9. The molecule has 2 heterocycles. The molecule has 1 aromatic heterocycles. The molecule has 0 radical (unpaired) electrons. The van der Waals surface area contributed by atoms with Crippen molar-refractivity contribution in [1.29, 1.82) is 0 Å². The number of aliphatic hydroxyl groups is 1. The number of hydrogen-bond donors (Lipinski definition) is 2. The van der Waals surface area contributed by atoms with Gasteiger partial charge in [-0.15, -0.1) is 0 Å². The zero-order valence-electron chi connectivity index (χ0n) is 16.0. The number of aliphatic hydroxyl groups excluding tert-OH is 1. The average molecular weight is 402 g/mol. The van der Waals surface area contributed by atoms with Gasteiger partial charge >= 0.3 is 13.3 Å². The molecule has 3 unspecified atom stereocenters. The number of aromatic nitrogens is 2. The third-order valence-electron chi connectivity index (χ3n) is 5.21. The average Bonchev–Trinajstić information content (AvgIpc) is 3.18. The van der Waals surface area contributed by atoms with Gasteiger partial charge in [-0.2, -0.15) is 0 Å². The molecule has 0 amide bonds. The van der Waals surface area contributed by atoms with E-state index in [4.69, 9.17) is 13.8 Å². The maximum absolute atomic E-state index is 12.7. The first kappa shape index (κ1) is 20.5. The van der Waals surface area contributed by atoms with Crippen LogP contribution in [0.15, 0.2) is 15.8 Å². The molecule has 152 valence electrons. The Morgan fingerprint density at radius 2 is 1.96 bits per heavy atom. The highest BCUT2D eigenvalue weighted by Crippen LogP contribution is 2.57. The summed E-state index contributed by atoms with van der Waals surface area (Å²) >= 11 is 0.